The Bertz CT molecular complexity index is 881. The molecule has 4 aliphatic carbocycles. The second-order valence-corrected chi connectivity index (χ2v) is 9.53. The van der Waals surface area contributed by atoms with Gasteiger partial charge in [-0.05, 0) is 61.3 Å². The summed E-state index contributed by atoms with van der Waals surface area (Å²) >= 11 is 0. The lowest BCUT2D eigenvalue weighted by atomic mass is 9.51. The van der Waals surface area contributed by atoms with Crippen molar-refractivity contribution < 1.29 is 24.1 Å². The van der Waals surface area contributed by atoms with E-state index in [0.29, 0.717) is 12.3 Å². The van der Waals surface area contributed by atoms with Crippen LogP contribution in [0.1, 0.15) is 50.7 Å². The molecule has 1 N–H and O–H groups in total. The monoisotopic (exact) mass is 370 g/mol. The summed E-state index contributed by atoms with van der Waals surface area (Å²) in [7, 11) is 1.68. The van der Waals surface area contributed by atoms with Crippen molar-refractivity contribution in [3.63, 3.8) is 0 Å². The molecule has 0 aromatic heterocycles. The maximum atomic E-state index is 11.7. The van der Waals surface area contributed by atoms with Gasteiger partial charge in [-0.2, -0.15) is 0 Å². The van der Waals surface area contributed by atoms with E-state index in [1.54, 1.807) is 7.11 Å². The van der Waals surface area contributed by atoms with E-state index >= 15 is 0 Å². The van der Waals surface area contributed by atoms with Gasteiger partial charge in [0.25, 0.3) is 0 Å². The average Bonchev–Trinajstić information content (AvgIpc) is 3.50. The summed E-state index contributed by atoms with van der Waals surface area (Å²) in [4.78, 5) is 11.7. The Hall–Kier alpha value is -1.59. The molecule has 0 amide bonds. The Morgan fingerprint density at radius 1 is 1.33 bits per heavy atom. The summed E-state index contributed by atoms with van der Waals surface area (Å²) < 4.78 is 17.8. The number of fused-ring (bicyclic) bond motifs is 1. The maximum absolute atomic E-state index is 11.7. The largest absolute Gasteiger partial charge is 0.497 e. The first-order chi connectivity index (χ1) is 12.8. The van der Waals surface area contributed by atoms with Crippen LogP contribution in [0.3, 0.4) is 0 Å². The van der Waals surface area contributed by atoms with Gasteiger partial charge in [-0.25, -0.2) is 0 Å². The highest BCUT2D eigenvalue weighted by atomic mass is 16.6. The van der Waals surface area contributed by atoms with Crippen LogP contribution in [0.2, 0.25) is 0 Å². The number of epoxide rings is 1. The number of esters is 1. The summed E-state index contributed by atoms with van der Waals surface area (Å²) in [6, 6.07) is 6.16. The fraction of sp³-hybridized carbons (Fsp3) is 0.682. The zero-order valence-corrected chi connectivity index (χ0v) is 16.1. The second-order valence-electron chi connectivity index (χ2n) is 9.53. The Morgan fingerprint density at radius 3 is 2.89 bits per heavy atom. The van der Waals surface area contributed by atoms with E-state index in [-0.39, 0.29) is 28.5 Å². The molecule has 6 rings (SSSR count). The molecule has 1 saturated heterocycles. The van der Waals surface area contributed by atoms with E-state index in [1.165, 1.54) is 12.5 Å². The van der Waals surface area contributed by atoms with Crippen LogP contribution < -0.4 is 4.74 Å². The first kappa shape index (κ1) is 16.4. The van der Waals surface area contributed by atoms with Crippen molar-refractivity contribution in [2.45, 2.75) is 69.4 Å². The summed E-state index contributed by atoms with van der Waals surface area (Å²) in [6.07, 6.45) is 3.80. The molecule has 0 radical (unpaired) electrons. The van der Waals surface area contributed by atoms with E-state index in [9.17, 15) is 9.90 Å². The van der Waals surface area contributed by atoms with Gasteiger partial charge in [-0.15, -0.1) is 0 Å². The molecule has 4 fully saturated rings. The summed E-state index contributed by atoms with van der Waals surface area (Å²) in [6.45, 7) is 3.71. The average molecular weight is 370 g/mol. The quantitative estimate of drug-likeness (QED) is 0.640. The summed E-state index contributed by atoms with van der Waals surface area (Å²) in [5, 5.41) is 11.4. The maximum Gasteiger partial charge on any atom is 0.302 e. The number of aliphatic hydroxyl groups is 1. The van der Waals surface area contributed by atoms with Gasteiger partial charge >= 0.3 is 5.97 Å². The number of aliphatic hydroxyl groups excluding tert-OH is 1. The highest BCUT2D eigenvalue weighted by molar-refractivity contribution is 5.66. The van der Waals surface area contributed by atoms with E-state index < -0.39 is 11.7 Å². The molecule has 5 aliphatic rings. The van der Waals surface area contributed by atoms with Crippen LogP contribution in [0.25, 0.3) is 0 Å². The molecule has 1 aliphatic heterocycles. The number of hydrogen-bond acceptors (Lipinski definition) is 5. The van der Waals surface area contributed by atoms with Gasteiger partial charge in [0.1, 0.15) is 23.1 Å². The first-order valence-corrected chi connectivity index (χ1v) is 10.1. The number of benzene rings is 1. The molecule has 0 bridgehead atoms. The van der Waals surface area contributed by atoms with Gasteiger partial charge in [0.2, 0.25) is 0 Å². The van der Waals surface area contributed by atoms with Crippen molar-refractivity contribution in [1.82, 2.24) is 0 Å². The van der Waals surface area contributed by atoms with E-state index in [1.807, 2.05) is 6.07 Å². The lowest BCUT2D eigenvalue weighted by Crippen LogP contribution is -2.58. The minimum atomic E-state index is -0.591. The molecule has 0 unspecified atom stereocenters. The van der Waals surface area contributed by atoms with Crippen molar-refractivity contribution in [1.29, 1.82) is 0 Å². The smallest absolute Gasteiger partial charge is 0.302 e. The molecule has 1 heterocycles. The van der Waals surface area contributed by atoms with Gasteiger partial charge < -0.3 is 19.3 Å². The van der Waals surface area contributed by atoms with Gasteiger partial charge in [-0.3, -0.25) is 4.79 Å². The van der Waals surface area contributed by atoms with Crippen LogP contribution in [-0.4, -0.2) is 36.0 Å². The van der Waals surface area contributed by atoms with Crippen molar-refractivity contribution in [3.05, 3.63) is 29.3 Å². The van der Waals surface area contributed by atoms with Gasteiger partial charge in [-0.1, -0.05) is 13.0 Å². The second kappa shape index (κ2) is 4.52. The molecule has 7 atom stereocenters. The van der Waals surface area contributed by atoms with Gasteiger partial charge in [0, 0.05) is 17.8 Å². The third kappa shape index (κ3) is 1.50. The number of ether oxygens (including phenoxy) is 3. The highest BCUT2D eigenvalue weighted by Crippen LogP contribution is 2.90. The molecule has 1 aromatic rings. The van der Waals surface area contributed by atoms with Gasteiger partial charge in [0.05, 0.1) is 13.2 Å². The molecule has 144 valence electrons. The first-order valence-electron chi connectivity index (χ1n) is 10.1. The predicted molar refractivity (Wildman–Crippen MR) is 96.3 cm³/mol. The topological polar surface area (TPSA) is 68.3 Å². The fourth-order valence-electron chi connectivity index (χ4n) is 7.81. The number of hydrogen-bond donors (Lipinski definition) is 1. The molecule has 1 spiro atoms. The normalized spacial score (nSPS) is 50.4. The van der Waals surface area contributed by atoms with Crippen LogP contribution in [0.5, 0.6) is 5.75 Å². The number of rotatable bonds is 2. The number of aryl methyl sites for hydroxylation is 1. The van der Waals surface area contributed by atoms with Crippen LogP contribution >= 0.6 is 0 Å². The van der Waals surface area contributed by atoms with Crippen LogP contribution in [-0.2, 0) is 26.3 Å². The zero-order chi connectivity index (χ0) is 18.8. The minimum Gasteiger partial charge on any atom is -0.497 e. The van der Waals surface area contributed by atoms with Crippen molar-refractivity contribution in [2.75, 3.05) is 7.11 Å². The molecule has 1 aromatic carbocycles. The SMILES string of the molecule is COc1ccc2c(c1)CC[C@@]13O[C@@]21[C@H](O)C[C@]1(C)[C@@H](OC(C)=O)C[C@@H]2C[C@]231. The lowest BCUT2D eigenvalue weighted by Gasteiger charge is -2.51. The third-order valence-electron chi connectivity index (χ3n) is 8.80. The van der Waals surface area contributed by atoms with Crippen LogP contribution in [0.15, 0.2) is 18.2 Å². The van der Waals surface area contributed by atoms with E-state index in [0.717, 1.165) is 37.0 Å². The fourth-order valence-corrected chi connectivity index (χ4v) is 7.81. The van der Waals surface area contributed by atoms with Crippen molar-refractivity contribution in [2.24, 2.45) is 16.7 Å². The predicted octanol–water partition coefficient (Wildman–Crippen LogP) is 2.72. The molecule has 27 heavy (non-hydrogen) atoms. The zero-order valence-electron chi connectivity index (χ0n) is 16.1. The summed E-state index contributed by atoms with van der Waals surface area (Å²) in [5.74, 6) is 1.16. The Morgan fingerprint density at radius 2 is 2.15 bits per heavy atom. The third-order valence-corrected chi connectivity index (χ3v) is 8.80. The highest BCUT2D eigenvalue weighted by Gasteiger charge is 2.95. The molecular weight excluding hydrogens is 344 g/mol. The van der Waals surface area contributed by atoms with Crippen LogP contribution in [0.4, 0.5) is 0 Å². The standard InChI is InChI=1S/C22H26O5/c1-12(23)26-18-9-14-10-20(14)19(18,2)11-17(24)22-16-5-4-15(25-3)8-13(16)6-7-21(20,22)27-22/h4-5,8,14,17-18,24H,6-7,9-11H2,1-3H3/t14-,17-,18+,19-,20-,21+,22-/m1/s1. The van der Waals surface area contributed by atoms with Crippen molar-refractivity contribution in [3.8, 4) is 5.75 Å². The summed E-state index contributed by atoms with van der Waals surface area (Å²) in [5.41, 5.74) is 1.28. The molecule has 5 nitrogen and oxygen atoms in total. The number of carbonyl (C=O) groups excluding carboxylic acids is 1. The Balaban J connectivity index is 1.48. The lowest BCUT2D eigenvalue weighted by molar-refractivity contribution is -0.161. The van der Waals surface area contributed by atoms with Crippen molar-refractivity contribution >= 4 is 5.97 Å². The molecular formula is C22H26O5. The number of methoxy groups -OCH3 is 1. The molecule has 5 heteroatoms. The van der Waals surface area contributed by atoms with E-state index in [4.69, 9.17) is 14.2 Å². The minimum absolute atomic E-state index is 0.0248. The van der Waals surface area contributed by atoms with Gasteiger partial charge in [0.15, 0.2) is 0 Å². The number of carbonyl (C=O) groups is 1. The Labute approximate surface area is 159 Å². The molecule has 3 saturated carbocycles. The van der Waals surface area contributed by atoms with Crippen LogP contribution in [0, 0.1) is 16.7 Å². The van der Waals surface area contributed by atoms with E-state index in [2.05, 4.69) is 19.1 Å². The Kier molecular flexibility index (Phi) is 2.74.